The molecule has 1 aromatic heterocycles. The fourth-order valence-corrected chi connectivity index (χ4v) is 1.53. The second-order valence-corrected chi connectivity index (χ2v) is 4.62. The minimum Gasteiger partial charge on any atom is -0.464 e. The zero-order chi connectivity index (χ0) is 14.8. The number of anilines is 2. The molecule has 1 atom stereocenters. The van der Waals surface area contributed by atoms with Crippen molar-refractivity contribution in [2.24, 2.45) is 5.92 Å². The molecule has 0 spiro atoms. The van der Waals surface area contributed by atoms with Gasteiger partial charge in [-0.25, -0.2) is 0 Å². The Hall–Kier alpha value is -1.63. The summed E-state index contributed by atoms with van der Waals surface area (Å²) in [4.78, 5) is 12.7. The highest BCUT2D eigenvalue weighted by Gasteiger charge is 2.08. The average Bonchev–Trinajstić information content (AvgIpc) is 2.43. The molecule has 0 aliphatic heterocycles. The highest BCUT2D eigenvalue weighted by atomic mass is 16.5. The molecule has 0 fully saturated rings. The first kappa shape index (κ1) is 16.4. The predicted octanol–water partition coefficient (Wildman–Crippen LogP) is 1.52. The van der Waals surface area contributed by atoms with Gasteiger partial charge in [0.25, 0.3) is 0 Å². The third-order valence-corrected chi connectivity index (χ3v) is 2.65. The smallest absolute Gasteiger partial charge is 0.323 e. The van der Waals surface area contributed by atoms with Crippen molar-refractivity contribution in [3.63, 3.8) is 0 Å². The van der Waals surface area contributed by atoms with Gasteiger partial charge in [-0.15, -0.1) is 0 Å². The van der Waals surface area contributed by atoms with Crippen LogP contribution in [-0.2, 0) is 0 Å². The zero-order valence-corrected chi connectivity index (χ0v) is 12.5. The van der Waals surface area contributed by atoms with E-state index >= 15 is 0 Å². The van der Waals surface area contributed by atoms with E-state index in [1.807, 2.05) is 6.92 Å². The van der Waals surface area contributed by atoms with Crippen LogP contribution in [0.15, 0.2) is 0 Å². The molecule has 1 unspecified atom stereocenters. The van der Waals surface area contributed by atoms with Gasteiger partial charge in [0.2, 0.25) is 11.9 Å². The first-order valence-electron chi connectivity index (χ1n) is 7.17. The molecule has 0 aromatic carbocycles. The number of nitrogens with zero attached hydrogens (tertiary/aromatic N) is 3. The van der Waals surface area contributed by atoms with Crippen molar-refractivity contribution in [2.75, 3.05) is 36.9 Å². The summed E-state index contributed by atoms with van der Waals surface area (Å²) in [5.74, 6) is 1.36. The zero-order valence-electron chi connectivity index (χ0n) is 12.5. The van der Waals surface area contributed by atoms with Crippen LogP contribution in [0, 0.1) is 5.92 Å². The summed E-state index contributed by atoms with van der Waals surface area (Å²) in [6.07, 6.45) is 1.74. The number of aromatic nitrogens is 3. The Morgan fingerprint density at radius 3 is 2.45 bits per heavy atom. The van der Waals surface area contributed by atoms with E-state index in [1.54, 1.807) is 0 Å². The second kappa shape index (κ2) is 9.30. The van der Waals surface area contributed by atoms with E-state index in [1.165, 1.54) is 0 Å². The SMILES string of the molecule is CCCNc1nc(NCC(C)CCO)nc(OCC)n1. The third kappa shape index (κ3) is 6.01. The van der Waals surface area contributed by atoms with Gasteiger partial charge in [0.15, 0.2) is 0 Å². The van der Waals surface area contributed by atoms with Crippen molar-refractivity contribution >= 4 is 11.9 Å². The minimum atomic E-state index is 0.188. The van der Waals surface area contributed by atoms with Crippen molar-refractivity contribution < 1.29 is 9.84 Å². The fourth-order valence-electron chi connectivity index (χ4n) is 1.53. The maximum absolute atomic E-state index is 8.89. The summed E-state index contributed by atoms with van der Waals surface area (Å²) in [5.41, 5.74) is 0. The number of hydrogen-bond donors (Lipinski definition) is 3. The van der Waals surface area contributed by atoms with E-state index in [0.717, 1.165) is 19.4 Å². The van der Waals surface area contributed by atoms with Crippen molar-refractivity contribution in [1.82, 2.24) is 15.0 Å². The summed E-state index contributed by atoms with van der Waals surface area (Å²) in [5, 5.41) is 15.2. The monoisotopic (exact) mass is 283 g/mol. The number of nitrogens with one attached hydrogen (secondary N) is 2. The van der Waals surface area contributed by atoms with E-state index in [9.17, 15) is 0 Å². The van der Waals surface area contributed by atoms with Gasteiger partial charge in [0.1, 0.15) is 0 Å². The highest BCUT2D eigenvalue weighted by Crippen LogP contribution is 2.12. The first-order chi connectivity index (χ1) is 9.69. The molecule has 0 bridgehead atoms. The third-order valence-electron chi connectivity index (χ3n) is 2.65. The van der Waals surface area contributed by atoms with Crippen LogP contribution in [0.3, 0.4) is 0 Å². The van der Waals surface area contributed by atoms with Gasteiger partial charge in [-0.1, -0.05) is 13.8 Å². The maximum atomic E-state index is 8.89. The van der Waals surface area contributed by atoms with Gasteiger partial charge >= 0.3 is 6.01 Å². The van der Waals surface area contributed by atoms with Gasteiger partial charge in [-0.2, -0.15) is 15.0 Å². The molecular formula is C13H25N5O2. The highest BCUT2D eigenvalue weighted by molar-refractivity contribution is 5.35. The molecule has 1 rings (SSSR count). The van der Waals surface area contributed by atoms with E-state index in [4.69, 9.17) is 9.84 Å². The molecule has 0 radical (unpaired) electrons. The number of hydrogen-bond acceptors (Lipinski definition) is 7. The van der Waals surface area contributed by atoms with Gasteiger partial charge in [0, 0.05) is 19.7 Å². The van der Waals surface area contributed by atoms with Gasteiger partial charge in [-0.05, 0) is 25.7 Å². The average molecular weight is 283 g/mol. The Labute approximate surface area is 120 Å². The number of aliphatic hydroxyl groups is 1. The molecule has 0 saturated carbocycles. The molecule has 3 N–H and O–H groups in total. The lowest BCUT2D eigenvalue weighted by molar-refractivity contribution is 0.265. The van der Waals surface area contributed by atoms with E-state index < -0.39 is 0 Å². The Kier molecular flexibility index (Phi) is 7.64. The molecule has 7 heteroatoms. The number of rotatable bonds is 10. The molecular weight excluding hydrogens is 258 g/mol. The van der Waals surface area contributed by atoms with Crippen LogP contribution >= 0.6 is 0 Å². The Morgan fingerprint density at radius 1 is 1.15 bits per heavy atom. The molecule has 114 valence electrons. The first-order valence-corrected chi connectivity index (χ1v) is 7.17. The Morgan fingerprint density at radius 2 is 1.85 bits per heavy atom. The molecule has 1 heterocycles. The lowest BCUT2D eigenvalue weighted by atomic mass is 10.1. The Bertz CT molecular complexity index is 389. The summed E-state index contributed by atoms with van der Waals surface area (Å²) in [6.45, 7) is 8.22. The van der Waals surface area contributed by atoms with E-state index in [0.29, 0.717) is 37.0 Å². The molecule has 1 aromatic rings. The second-order valence-electron chi connectivity index (χ2n) is 4.62. The normalized spacial score (nSPS) is 12.0. The van der Waals surface area contributed by atoms with Gasteiger partial charge in [0.05, 0.1) is 6.61 Å². The number of ether oxygens (including phenoxy) is 1. The molecule has 20 heavy (non-hydrogen) atoms. The summed E-state index contributed by atoms with van der Waals surface area (Å²) in [6, 6.07) is 0.318. The van der Waals surface area contributed by atoms with Crippen LogP contribution in [0.5, 0.6) is 6.01 Å². The van der Waals surface area contributed by atoms with Crippen LogP contribution < -0.4 is 15.4 Å². The van der Waals surface area contributed by atoms with Crippen molar-refractivity contribution in [2.45, 2.75) is 33.6 Å². The van der Waals surface area contributed by atoms with Crippen LogP contribution in [0.25, 0.3) is 0 Å². The predicted molar refractivity (Wildman–Crippen MR) is 79.1 cm³/mol. The van der Waals surface area contributed by atoms with E-state index in [-0.39, 0.29) is 6.61 Å². The fraction of sp³-hybridized carbons (Fsp3) is 0.769. The lowest BCUT2D eigenvalue weighted by Gasteiger charge is -2.12. The van der Waals surface area contributed by atoms with Crippen molar-refractivity contribution in [3.8, 4) is 6.01 Å². The summed E-state index contributed by atoms with van der Waals surface area (Å²) in [7, 11) is 0. The van der Waals surface area contributed by atoms with E-state index in [2.05, 4.69) is 39.4 Å². The minimum absolute atomic E-state index is 0.188. The van der Waals surface area contributed by atoms with Gasteiger partial charge < -0.3 is 20.5 Å². The van der Waals surface area contributed by atoms with Crippen molar-refractivity contribution in [1.29, 1.82) is 0 Å². The topological polar surface area (TPSA) is 92.2 Å². The molecule has 7 nitrogen and oxygen atoms in total. The summed E-state index contributed by atoms with van der Waals surface area (Å²) < 4.78 is 5.34. The van der Waals surface area contributed by atoms with Crippen LogP contribution in [0.2, 0.25) is 0 Å². The van der Waals surface area contributed by atoms with Crippen LogP contribution in [0.4, 0.5) is 11.9 Å². The molecule has 0 saturated heterocycles. The standard InChI is InChI=1S/C13H25N5O2/c1-4-7-14-11-16-12(15-9-10(3)6-8-19)18-13(17-11)20-5-2/h10,19H,4-9H2,1-3H3,(H2,14,15,16,17,18). The lowest BCUT2D eigenvalue weighted by Crippen LogP contribution is -2.16. The number of aliphatic hydroxyl groups excluding tert-OH is 1. The molecule has 0 aliphatic carbocycles. The van der Waals surface area contributed by atoms with Crippen LogP contribution in [-0.4, -0.2) is 46.4 Å². The maximum Gasteiger partial charge on any atom is 0.323 e. The quantitative estimate of drug-likeness (QED) is 0.599. The molecule has 0 amide bonds. The van der Waals surface area contributed by atoms with Gasteiger partial charge in [-0.3, -0.25) is 0 Å². The Balaban J connectivity index is 2.69. The molecule has 0 aliphatic rings. The largest absolute Gasteiger partial charge is 0.464 e. The van der Waals surface area contributed by atoms with Crippen molar-refractivity contribution in [3.05, 3.63) is 0 Å². The summed E-state index contributed by atoms with van der Waals surface area (Å²) >= 11 is 0. The van der Waals surface area contributed by atoms with Crippen LogP contribution in [0.1, 0.15) is 33.6 Å².